The number of rotatable bonds is 11. The van der Waals surface area contributed by atoms with E-state index in [1.807, 2.05) is 68.6 Å². The average Bonchev–Trinajstić information content (AvgIpc) is 3.20. The molecule has 0 unspecified atom stereocenters. The van der Waals surface area contributed by atoms with Gasteiger partial charge in [-0.1, -0.05) is 41.9 Å². The molecule has 0 aliphatic rings. The van der Waals surface area contributed by atoms with Crippen LogP contribution in [0.2, 0.25) is 5.02 Å². The number of thiol groups is 1. The molecule has 4 aromatic rings. The lowest BCUT2D eigenvalue weighted by molar-refractivity contribution is -0.139. The first-order valence-corrected chi connectivity index (χ1v) is 16.1. The van der Waals surface area contributed by atoms with E-state index in [1.165, 1.54) is 0 Å². The molecule has 1 heterocycles. The van der Waals surface area contributed by atoms with E-state index in [4.69, 9.17) is 21.4 Å². The molecule has 0 spiro atoms. The van der Waals surface area contributed by atoms with Gasteiger partial charge in [-0.2, -0.15) is 0 Å². The van der Waals surface area contributed by atoms with E-state index >= 15 is 0 Å². The lowest BCUT2D eigenvalue weighted by atomic mass is 10.2. The summed E-state index contributed by atoms with van der Waals surface area (Å²) in [5.41, 5.74) is 3.03. The number of benzene rings is 3. The number of nitrogens with zero attached hydrogens (tertiary/aromatic N) is 1. The number of aryl methyl sites for hydroxylation is 2. The Morgan fingerprint density at radius 3 is 2.57 bits per heavy atom. The van der Waals surface area contributed by atoms with Crippen molar-refractivity contribution < 1.29 is 18.8 Å². The highest BCUT2D eigenvalue weighted by Crippen LogP contribution is 2.39. The Hall–Kier alpha value is -2.36. The summed E-state index contributed by atoms with van der Waals surface area (Å²) in [6.07, 6.45) is 1.87. The first kappa shape index (κ1) is 27.7. The third-order valence-electron chi connectivity index (χ3n) is 6.11. The quantitative estimate of drug-likeness (QED) is 0.151. The first-order chi connectivity index (χ1) is 17.6. The lowest BCUT2D eigenvalue weighted by Crippen LogP contribution is -2.37. The highest BCUT2D eigenvalue weighted by atomic mass is 35.5. The maximum absolute atomic E-state index is 14.5. The number of carboxylic acid groups (broad SMARTS) is 1. The molecule has 37 heavy (non-hydrogen) atoms. The van der Waals surface area contributed by atoms with Gasteiger partial charge < -0.3 is 9.84 Å². The molecule has 9 heteroatoms. The van der Waals surface area contributed by atoms with Crippen molar-refractivity contribution in [1.29, 1.82) is 0 Å². The number of thioether (sulfide) groups is 1. The smallest absolute Gasteiger partial charge is 0.341 e. The molecule has 0 aliphatic heterocycles. The van der Waals surface area contributed by atoms with Gasteiger partial charge in [0.2, 0.25) is 0 Å². The van der Waals surface area contributed by atoms with Gasteiger partial charge in [0.05, 0.1) is 4.21 Å². The van der Waals surface area contributed by atoms with Gasteiger partial charge in [0, 0.05) is 39.7 Å². The predicted octanol–water partition coefficient (Wildman–Crippen LogP) is 6.85. The fourth-order valence-electron chi connectivity index (χ4n) is 4.19. The van der Waals surface area contributed by atoms with Crippen molar-refractivity contribution in [3.63, 3.8) is 0 Å². The Bertz CT molecular complexity index is 1450. The van der Waals surface area contributed by atoms with Crippen molar-refractivity contribution in [3.05, 3.63) is 88.4 Å². The molecule has 5 nitrogen and oxygen atoms in total. The number of ether oxygens (including phenoxy) is 1. The van der Waals surface area contributed by atoms with Crippen molar-refractivity contribution >= 4 is 60.9 Å². The van der Waals surface area contributed by atoms with Crippen LogP contribution in [0.4, 0.5) is 0 Å². The molecule has 0 amide bonds. The van der Waals surface area contributed by atoms with Gasteiger partial charge in [0.1, 0.15) is 5.75 Å². The number of fused-ring (bicyclic) bond motifs is 1. The summed E-state index contributed by atoms with van der Waals surface area (Å²) in [4.78, 5) is 11.8. The Kier molecular flexibility index (Phi) is 8.98. The fraction of sp³-hybridized carbons (Fsp3) is 0.250. The summed E-state index contributed by atoms with van der Waals surface area (Å²) >= 11 is 9.52. The summed E-state index contributed by atoms with van der Waals surface area (Å²) in [5.74, 6) is 0.308. The molecule has 196 valence electrons. The van der Waals surface area contributed by atoms with Crippen molar-refractivity contribution in [2.24, 2.45) is 0 Å². The number of hydrogen-bond acceptors (Lipinski definition) is 5. The number of hydrogen-bond donors (Lipinski definition) is 2. The second-order valence-corrected chi connectivity index (χ2v) is 14.6. The van der Waals surface area contributed by atoms with E-state index in [2.05, 4.69) is 16.4 Å². The number of aliphatic carboxylic acids is 1. The minimum absolute atomic E-state index is 0.364. The van der Waals surface area contributed by atoms with Crippen molar-refractivity contribution in [2.75, 3.05) is 25.2 Å². The van der Waals surface area contributed by atoms with Crippen molar-refractivity contribution in [2.45, 2.75) is 29.5 Å². The maximum atomic E-state index is 14.5. The molecule has 1 N–H and O–H groups in total. The third-order valence-corrected chi connectivity index (χ3v) is 12.2. The van der Waals surface area contributed by atoms with E-state index in [-0.39, 0.29) is 6.61 Å². The molecule has 4 rings (SSSR count). The second-order valence-electron chi connectivity index (χ2n) is 8.88. The number of halogens is 1. The molecule has 0 radical (unpaired) electrons. The second kappa shape index (κ2) is 12.0. The van der Waals surface area contributed by atoms with E-state index in [0.29, 0.717) is 23.9 Å². The standard InChI is InChI=1S/C28H30ClNO4S3/c1-19-15-23(10-11-25(19)34-18-27(31)32)35-14-13-30(17-21-7-5-4-6-8-21)37(3,33)28-20(2)24-16-22(29)9-12-26(24)36-28/h4-12,15-16,37H,13-14,17-18H2,1-3H3,(H,31,32). The van der Waals surface area contributed by atoms with Crippen LogP contribution in [0.3, 0.4) is 0 Å². The maximum Gasteiger partial charge on any atom is 0.341 e. The van der Waals surface area contributed by atoms with E-state index in [0.717, 1.165) is 41.6 Å². The summed E-state index contributed by atoms with van der Waals surface area (Å²) < 4.78 is 24.0. The minimum Gasteiger partial charge on any atom is -0.482 e. The van der Waals surface area contributed by atoms with Crippen LogP contribution in [0, 0.1) is 13.8 Å². The SMILES string of the molecule is Cc1cc(SCCN(Cc2ccccc2)[SH](C)(=O)c2sc3ccc(Cl)cc3c2C)ccc1OCC(=O)O. The van der Waals surface area contributed by atoms with Gasteiger partial charge in [0.25, 0.3) is 0 Å². The van der Waals surface area contributed by atoms with Gasteiger partial charge in [-0.05, 0) is 82.4 Å². The minimum atomic E-state index is -2.88. The van der Waals surface area contributed by atoms with Crippen molar-refractivity contribution in [1.82, 2.24) is 4.31 Å². The van der Waals surface area contributed by atoms with E-state index < -0.39 is 16.1 Å². The zero-order valence-electron chi connectivity index (χ0n) is 20.9. The van der Waals surface area contributed by atoms with Crippen LogP contribution in [-0.4, -0.2) is 44.8 Å². The monoisotopic (exact) mass is 575 g/mol. The van der Waals surface area contributed by atoms with Crippen LogP contribution in [0.5, 0.6) is 5.75 Å². The summed E-state index contributed by atoms with van der Waals surface area (Å²) in [7, 11) is -2.88. The highest BCUT2D eigenvalue weighted by Gasteiger charge is 2.26. The van der Waals surface area contributed by atoms with Crippen LogP contribution in [0.25, 0.3) is 10.1 Å². The average molecular weight is 576 g/mol. The Morgan fingerprint density at radius 1 is 1.11 bits per heavy atom. The molecular weight excluding hydrogens is 546 g/mol. The number of carboxylic acids is 1. The Morgan fingerprint density at radius 2 is 1.86 bits per heavy atom. The van der Waals surface area contributed by atoms with Gasteiger partial charge >= 0.3 is 5.97 Å². The Labute approximate surface area is 232 Å². The van der Waals surface area contributed by atoms with E-state index in [1.54, 1.807) is 29.2 Å². The zero-order valence-corrected chi connectivity index (χ0v) is 24.2. The molecule has 0 saturated heterocycles. The van der Waals surface area contributed by atoms with Gasteiger partial charge in [-0.3, -0.25) is 4.21 Å². The summed E-state index contributed by atoms with van der Waals surface area (Å²) in [5, 5.41) is 10.6. The molecule has 3 aromatic carbocycles. The number of thiophene rings is 1. The third kappa shape index (κ3) is 6.75. The fourth-order valence-corrected chi connectivity index (χ4v) is 9.63. The molecule has 1 aromatic heterocycles. The van der Waals surface area contributed by atoms with Gasteiger partial charge in [0.15, 0.2) is 6.61 Å². The molecule has 0 bridgehead atoms. The summed E-state index contributed by atoms with van der Waals surface area (Å²) in [6, 6.07) is 21.7. The molecule has 0 fully saturated rings. The molecule has 0 atom stereocenters. The van der Waals surface area contributed by atoms with Crippen LogP contribution in [0.15, 0.2) is 75.8 Å². The van der Waals surface area contributed by atoms with Gasteiger partial charge in [-0.15, -0.1) is 23.1 Å². The molecule has 0 aliphatic carbocycles. The van der Waals surface area contributed by atoms with Crippen LogP contribution < -0.4 is 4.74 Å². The predicted molar refractivity (Wildman–Crippen MR) is 157 cm³/mol. The first-order valence-electron chi connectivity index (χ1n) is 11.8. The normalized spacial score (nSPS) is 12.2. The highest BCUT2D eigenvalue weighted by molar-refractivity contribution is 8.02. The van der Waals surface area contributed by atoms with Gasteiger partial charge in [-0.25, -0.2) is 9.10 Å². The summed E-state index contributed by atoms with van der Waals surface area (Å²) in [6.45, 7) is 4.80. The van der Waals surface area contributed by atoms with Crippen LogP contribution in [-0.2, 0) is 21.5 Å². The van der Waals surface area contributed by atoms with Crippen LogP contribution >= 0.6 is 34.7 Å². The molecule has 0 saturated carbocycles. The lowest BCUT2D eigenvalue weighted by Gasteiger charge is -2.33. The van der Waals surface area contributed by atoms with Crippen LogP contribution in [0.1, 0.15) is 16.7 Å². The largest absolute Gasteiger partial charge is 0.482 e. The van der Waals surface area contributed by atoms with E-state index in [9.17, 15) is 9.00 Å². The topological polar surface area (TPSA) is 66.8 Å². The zero-order chi connectivity index (χ0) is 26.6. The molecular formula is C28H30ClNO4S3. The van der Waals surface area contributed by atoms with Crippen molar-refractivity contribution in [3.8, 4) is 5.75 Å². The Balaban J connectivity index is 1.55. The number of carbonyl (C=O) groups is 1.